The molecule has 0 radical (unpaired) electrons. The Morgan fingerprint density at radius 2 is 0.865 bits per heavy atom. The molecular weight excluding hydrogens is 1570 g/mol. The third-order valence-corrected chi connectivity index (χ3v) is 27.6. The van der Waals surface area contributed by atoms with Crippen molar-refractivity contribution in [3.63, 3.8) is 0 Å². The number of nitrogens with zero attached hydrogens (tertiary/aromatic N) is 9. The molecule has 6 bridgehead atoms. The van der Waals surface area contributed by atoms with Crippen molar-refractivity contribution in [3.05, 3.63) is 197 Å². The summed E-state index contributed by atoms with van der Waals surface area (Å²) in [6.07, 6.45) is 15.2. The predicted molar refractivity (Wildman–Crippen MR) is 428 cm³/mol. The van der Waals surface area contributed by atoms with Crippen molar-refractivity contribution in [2.24, 2.45) is 28.7 Å². The van der Waals surface area contributed by atoms with Crippen LogP contribution in [0.1, 0.15) is 123 Å². The Morgan fingerprint density at radius 1 is 0.450 bits per heavy atom. The largest absolute Gasteiger partial charge is 0.373 e. The van der Waals surface area contributed by atoms with Gasteiger partial charge in [0.25, 0.3) is 0 Å². The highest BCUT2D eigenvalue weighted by Gasteiger charge is 2.50. The fraction of sp³-hybridized carbons (Fsp3) is 0.386. The Bertz CT molecular complexity index is 5250. The summed E-state index contributed by atoms with van der Waals surface area (Å²) in [5.41, 5.74) is 14.1. The Balaban J connectivity index is 0.000000120. The number of ether oxygens (including phenoxy) is 3. The molecule has 6 saturated carbocycles. The number of anilines is 3. The maximum atomic E-state index is 8.12. The first-order valence-corrected chi connectivity index (χ1v) is 41.6. The topological polar surface area (TPSA) is 243 Å². The van der Waals surface area contributed by atoms with Gasteiger partial charge in [0.2, 0.25) is 0 Å². The molecule has 111 heavy (non-hydrogen) atoms. The van der Waals surface area contributed by atoms with Crippen LogP contribution in [0.3, 0.4) is 0 Å². The van der Waals surface area contributed by atoms with Gasteiger partial charge in [0.05, 0.1) is 118 Å². The maximum absolute atomic E-state index is 8.12. The van der Waals surface area contributed by atoms with E-state index in [9.17, 15) is 0 Å². The van der Waals surface area contributed by atoms with E-state index in [1.807, 2.05) is 54.6 Å². The molecule has 28 heteroatoms. The van der Waals surface area contributed by atoms with Crippen molar-refractivity contribution in [1.82, 2.24) is 25.3 Å². The third kappa shape index (κ3) is 16.2. The Kier molecular flexibility index (Phi) is 23.3. The number of hydrogen-bond acceptors (Lipinski definition) is 23. The van der Waals surface area contributed by atoms with Gasteiger partial charge in [0.1, 0.15) is 22.9 Å². The van der Waals surface area contributed by atoms with Crippen LogP contribution >= 0.6 is 92.0 Å². The molecule has 0 spiro atoms. The number of aromatic nitrogens is 5. The molecule has 11 aromatic rings. The quantitative estimate of drug-likeness (QED) is 0.0775. The van der Waals surface area contributed by atoms with E-state index in [0.29, 0.717) is 104 Å². The molecule has 5 aromatic heterocycles. The van der Waals surface area contributed by atoms with Crippen molar-refractivity contribution >= 4 is 162 Å². The van der Waals surface area contributed by atoms with Gasteiger partial charge in [-0.15, -0.1) is 0 Å². The smallest absolute Gasteiger partial charge is 0.373 e. The second kappa shape index (κ2) is 33.8. The molecule has 9 unspecified atom stereocenters. The zero-order valence-corrected chi connectivity index (χ0v) is 66.3. The van der Waals surface area contributed by atoms with Crippen molar-refractivity contribution in [2.75, 3.05) is 47.5 Å². The molecule has 3 saturated heterocycles. The van der Waals surface area contributed by atoms with Gasteiger partial charge in [0.15, 0.2) is 15.4 Å². The normalized spacial score (nSPS) is 22.9. The van der Waals surface area contributed by atoms with Gasteiger partial charge in [0, 0.05) is 76.8 Å². The van der Waals surface area contributed by atoms with Gasteiger partial charge in [-0.1, -0.05) is 163 Å². The van der Waals surface area contributed by atoms with E-state index in [0.717, 1.165) is 166 Å². The highest BCUT2D eigenvalue weighted by Crippen LogP contribution is 2.52. The van der Waals surface area contributed by atoms with E-state index < -0.39 is 0 Å². The number of aliphatic imine (C=N–C) groups is 1. The zero-order valence-electron chi connectivity index (χ0n) is 60.1. The Labute approximate surface area is 676 Å². The number of aryl methyl sites for hydroxylation is 1. The minimum atomic E-state index is 0.155. The van der Waals surface area contributed by atoms with Gasteiger partial charge >= 0.3 is 18.5 Å². The highest BCUT2D eigenvalue weighted by molar-refractivity contribution is 7.23. The van der Waals surface area contributed by atoms with E-state index in [4.69, 9.17) is 130 Å². The number of hydrogen-bond donors (Lipinski definition) is 0. The Hall–Kier alpha value is -8.31. The van der Waals surface area contributed by atoms with Crippen LogP contribution in [-0.2, 0) is 56.2 Å². The average molecular weight is 1650 g/mol. The highest BCUT2D eigenvalue weighted by atomic mass is 35.5. The van der Waals surface area contributed by atoms with Gasteiger partial charge in [-0.2, -0.15) is 28.8 Å². The summed E-state index contributed by atoms with van der Waals surface area (Å²) in [7, 11) is 0. The van der Waals surface area contributed by atoms with Crippen LogP contribution in [0.2, 0.25) is 25.1 Å². The average Bonchev–Trinajstić information content (AvgIpc) is 1.62. The molecule has 0 amide bonds. The SMILES string of the molecule is Cc1cccc(Cl)c1-c1noc(C2CC2)c1COC1CC2CC1CN2c1nc2ccccc2s1.Clc1cccc(Cl)c1-c1noc(C2CC2)c1COC1CC2CC1N(c1nc3ccccc3s1)C2.Clc1cccc(Cl)c1C1=NCC(C2CC2)=C1COC1CC2CC1N(c1nc3ccccc3s1)C2.O=C=O.O=C=O.O=C=O. The molecule has 9 heterocycles. The molecule has 9 fully saturated rings. The minimum absolute atomic E-state index is 0.155. The summed E-state index contributed by atoms with van der Waals surface area (Å²) in [5.74, 6) is 5.30. The number of halogens is 5. The lowest BCUT2D eigenvalue weighted by molar-refractivity contribution is -0.193. The molecule has 570 valence electrons. The summed E-state index contributed by atoms with van der Waals surface area (Å²) in [5, 5.41) is 15.4. The van der Waals surface area contributed by atoms with E-state index in [1.165, 1.54) is 50.9 Å². The van der Waals surface area contributed by atoms with E-state index in [2.05, 4.69) is 105 Å². The zero-order chi connectivity index (χ0) is 76.6. The first-order valence-electron chi connectivity index (χ1n) is 37.3. The van der Waals surface area contributed by atoms with Crippen molar-refractivity contribution in [2.45, 2.75) is 145 Å². The van der Waals surface area contributed by atoms with Crippen LogP contribution < -0.4 is 14.7 Å². The van der Waals surface area contributed by atoms with Crippen LogP contribution in [0.25, 0.3) is 53.2 Å². The Morgan fingerprint density at radius 3 is 1.30 bits per heavy atom. The molecule has 6 aromatic carbocycles. The number of thiazole rings is 3. The summed E-state index contributed by atoms with van der Waals surface area (Å²) in [6, 6.07) is 43.6. The van der Waals surface area contributed by atoms with Gasteiger partial charge in [-0.25, -0.2) is 15.0 Å². The molecule has 20 nitrogen and oxygen atoms in total. The lowest BCUT2D eigenvalue weighted by Gasteiger charge is -2.33. The van der Waals surface area contributed by atoms with E-state index in [-0.39, 0.29) is 36.8 Å². The summed E-state index contributed by atoms with van der Waals surface area (Å²) in [6.45, 7) is 7.54. The molecule has 4 aliphatic heterocycles. The molecule has 6 aliphatic carbocycles. The fourth-order valence-electron chi connectivity index (χ4n) is 17.3. The number of rotatable bonds is 18. The summed E-state index contributed by atoms with van der Waals surface area (Å²) in [4.78, 5) is 75.9. The fourth-order valence-corrected chi connectivity index (χ4v) is 21.9. The predicted octanol–water partition coefficient (Wildman–Crippen LogP) is 19.3. The van der Waals surface area contributed by atoms with Crippen LogP contribution in [0.5, 0.6) is 0 Å². The summed E-state index contributed by atoms with van der Waals surface area (Å²) < 4.78 is 35.3. The number of piperidine rings is 3. The number of benzene rings is 6. The lowest BCUT2D eigenvalue weighted by Crippen LogP contribution is -2.42. The monoisotopic (exact) mass is 1640 g/mol. The van der Waals surface area contributed by atoms with Gasteiger partial charge in [-0.05, 0) is 180 Å². The van der Waals surface area contributed by atoms with Crippen LogP contribution in [0.15, 0.2) is 153 Å². The second-order valence-electron chi connectivity index (χ2n) is 29.7. The molecule has 21 rings (SSSR count). The molecular formula is C83H74Cl5N9O11S3. The minimum Gasteiger partial charge on any atom is -0.373 e. The maximum Gasteiger partial charge on any atom is 0.373 e. The molecule has 10 aliphatic rings. The molecule has 0 N–H and O–H groups in total. The lowest BCUT2D eigenvalue weighted by atomic mass is 9.98. The van der Waals surface area contributed by atoms with Crippen molar-refractivity contribution in [3.8, 4) is 22.5 Å². The van der Waals surface area contributed by atoms with Crippen LogP contribution in [0, 0.1) is 30.6 Å². The third-order valence-electron chi connectivity index (χ3n) is 22.8. The van der Waals surface area contributed by atoms with Crippen LogP contribution in [-0.4, -0.2) is 119 Å². The standard InChI is InChI=1S/C27H25Cl2N3OS.C27H26ClN3O2S.C26H23Cl2N3O2S.3CO2/c28-19-4-3-5-20(29)25(19)26-18(17(12-30-26)16-8-9-16)14-33-23-11-15-10-22(23)32(13-15)27-31-21-6-1-2-7-24(21)34-27;1-15-5-4-6-20(28)24(15)25-19(26(33-30-25)16-9-10-16)14-32-22-12-18-11-17(22)13-31(18)27-29-21-7-2-3-8-23(21)34-27;27-17-4-3-5-18(28)23(17)24-16(25(33-30-24)15-8-9-15)13-32-21-11-14-10-20(21)31(12-14)26-29-19-6-1-2-7-22(19)34-26;3*2-1-3/h1-7,15-16,22-23H,8-14H2;2-8,16-18,22H,9-14H2,1H3;1-7,14-15,20-21H,8-13H2;;;. The van der Waals surface area contributed by atoms with Gasteiger partial charge < -0.3 is 38.0 Å². The van der Waals surface area contributed by atoms with Crippen LogP contribution in [0.4, 0.5) is 15.4 Å². The second-order valence-corrected chi connectivity index (χ2v) is 34.8. The van der Waals surface area contributed by atoms with E-state index >= 15 is 0 Å². The van der Waals surface area contributed by atoms with E-state index in [1.54, 1.807) is 34.0 Å². The number of fused-ring (bicyclic) bond motifs is 9. The first kappa shape index (κ1) is 76.7. The van der Waals surface area contributed by atoms with Crippen molar-refractivity contribution in [1.29, 1.82) is 0 Å². The summed E-state index contributed by atoms with van der Waals surface area (Å²) >= 11 is 38.2. The first-order chi connectivity index (χ1) is 54.2. The van der Waals surface area contributed by atoms with Crippen molar-refractivity contribution < 1.29 is 52.0 Å². The van der Waals surface area contributed by atoms with Gasteiger partial charge in [-0.3, -0.25) is 4.99 Å². The number of para-hydroxylation sites is 3. The number of carbonyl (C=O) groups excluding carboxylic acids is 6. The molecule has 9 atom stereocenters.